The summed E-state index contributed by atoms with van der Waals surface area (Å²) < 4.78 is 4.97. The topological polar surface area (TPSA) is 174 Å². The van der Waals surface area contributed by atoms with E-state index >= 15 is 0 Å². The zero-order valence-corrected chi connectivity index (χ0v) is 19.8. The maximum atomic E-state index is 13.0. The molecule has 2 aliphatic heterocycles. The number of ether oxygens (including phenoxy) is 1. The molecule has 2 aliphatic rings. The number of hydrogen-bond acceptors (Lipinski definition) is 11. The number of anilines is 1. The number of rotatable bonds is 11. The van der Waals surface area contributed by atoms with Gasteiger partial charge in [-0.05, 0) is 12.0 Å². The molecule has 1 aromatic rings. The van der Waals surface area contributed by atoms with Crippen LogP contribution in [0.4, 0.5) is 5.13 Å². The van der Waals surface area contributed by atoms with Crippen LogP contribution in [0.1, 0.15) is 25.5 Å². The molecule has 3 rings (SSSR count). The van der Waals surface area contributed by atoms with E-state index in [4.69, 9.17) is 15.3 Å². The molecule has 1 saturated heterocycles. The average molecular weight is 510 g/mol. The van der Waals surface area contributed by atoms with Crippen LogP contribution in [-0.4, -0.2) is 74.8 Å². The van der Waals surface area contributed by atoms with Gasteiger partial charge in [0.2, 0.25) is 6.61 Å². The van der Waals surface area contributed by atoms with E-state index in [0.29, 0.717) is 17.7 Å². The summed E-state index contributed by atoms with van der Waals surface area (Å²) in [5, 5.41) is 16.8. The summed E-state index contributed by atoms with van der Waals surface area (Å²) in [6.45, 7) is 5.27. The van der Waals surface area contributed by atoms with E-state index in [9.17, 15) is 24.3 Å². The average Bonchev–Trinajstić information content (AvgIpc) is 3.24. The molecule has 3 heterocycles. The van der Waals surface area contributed by atoms with Crippen LogP contribution < -0.4 is 11.1 Å². The van der Waals surface area contributed by atoms with E-state index in [1.807, 2.05) is 6.92 Å². The van der Waals surface area contributed by atoms with Gasteiger partial charge in [-0.15, -0.1) is 23.1 Å². The maximum absolute atomic E-state index is 13.0. The van der Waals surface area contributed by atoms with Gasteiger partial charge in [0.05, 0.1) is 6.61 Å². The number of oxime groups is 1. The molecule has 12 nitrogen and oxygen atoms in total. The highest BCUT2D eigenvalue weighted by Gasteiger charge is 2.54. The lowest BCUT2D eigenvalue weighted by molar-refractivity contribution is -0.150. The van der Waals surface area contributed by atoms with Crippen molar-refractivity contribution in [2.45, 2.75) is 31.2 Å². The third-order valence-electron chi connectivity index (χ3n) is 4.81. The number of nitrogen functional groups attached to an aromatic ring is 1. The number of carbonyl (C=O) groups excluding carboxylic acids is 3. The van der Waals surface area contributed by atoms with Crippen LogP contribution in [0.3, 0.4) is 0 Å². The largest absolute Gasteiger partial charge is 0.477 e. The number of carbonyl (C=O) groups is 4. The number of β-lactam (4-membered cyclic amide) rings is 1. The van der Waals surface area contributed by atoms with Crippen LogP contribution in [-0.2, 0) is 28.8 Å². The Bertz CT molecular complexity index is 1070. The molecule has 0 saturated carbocycles. The SMILES string of the molecule is C=CC1=C(C(=O)O)N2C(=O)C(NC(=O)C(=NOCC(=O)OCCCC)c3csc(N)n3)[C@H]2SC1. The molecule has 182 valence electrons. The van der Waals surface area contributed by atoms with E-state index in [1.165, 1.54) is 23.2 Å². The molecule has 2 atom stereocenters. The first-order valence-corrected chi connectivity index (χ1v) is 12.1. The van der Waals surface area contributed by atoms with Crippen molar-refractivity contribution in [3.05, 3.63) is 35.0 Å². The molecule has 1 aromatic heterocycles. The second-order valence-corrected chi connectivity index (χ2v) is 9.10. The van der Waals surface area contributed by atoms with Crippen molar-refractivity contribution in [1.82, 2.24) is 15.2 Å². The minimum absolute atomic E-state index is 0.0966. The van der Waals surface area contributed by atoms with Gasteiger partial charge in [-0.3, -0.25) is 14.5 Å². The lowest BCUT2D eigenvalue weighted by Crippen LogP contribution is -2.71. The summed E-state index contributed by atoms with van der Waals surface area (Å²) in [7, 11) is 0. The summed E-state index contributed by atoms with van der Waals surface area (Å²) in [5.74, 6) is -2.96. The molecule has 0 bridgehead atoms. The van der Waals surface area contributed by atoms with Crippen molar-refractivity contribution in [3.63, 3.8) is 0 Å². The molecule has 14 heteroatoms. The predicted octanol–water partition coefficient (Wildman–Crippen LogP) is 0.714. The van der Waals surface area contributed by atoms with Crippen LogP contribution >= 0.6 is 23.1 Å². The van der Waals surface area contributed by atoms with Crippen LogP contribution in [0.2, 0.25) is 0 Å². The molecule has 2 amide bonds. The fourth-order valence-corrected chi connectivity index (χ4v) is 5.02. The number of nitrogens with one attached hydrogen (secondary N) is 1. The van der Waals surface area contributed by atoms with E-state index in [1.54, 1.807) is 0 Å². The number of hydrogen-bond donors (Lipinski definition) is 3. The Morgan fingerprint density at radius 1 is 1.47 bits per heavy atom. The molecular weight excluding hydrogens is 486 g/mol. The second-order valence-electron chi connectivity index (χ2n) is 7.10. The highest BCUT2D eigenvalue weighted by molar-refractivity contribution is 8.00. The minimum Gasteiger partial charge on any atom is -0.477 e. The molecule has 0 radical (unpaired) electrons. The van der Waals surface area contributed by atoms with Gasteiger partial charge >= 0.3 is 11.9 Å². The summed E-state index contributed by atoms with van der Waals surface area (Å²) in [5.41, 5.74) is 5.73. The standard InChI is InChI=1S/C20H23N5O7S2/c1-3-5-6-31-12(26)7-32-24-13(11-9-34-20(21)22-11)16(27)23-14-17(28)25-15(19(29)30)10(4-2)8-33-18(14)25/h4,9,14,18H,2-3,5-8H2,1H3,(H2,21,22)(H,23,27)(H,29,30)/t14?,18-/m1/s1. The molecule has 0 aromatic carbocycles. The van der Waals surface area contributed by atoms with Crippen LogP contribution in [0.5, 0.6) is 0 Å². The second kappa shape index (κ2) is 11.2. The number of thiazole rings is 1. The fraction of sp³-hybridized carbons (Fsp3) is 0.400. The van der Waals surface area contributed by atoms with Gasteiger partial charge in [0.15, 0.2) is 10.8 Å². The number of amides is 2. The molecule has 0 aliphatic carbocycles. The first-order valence-electron chi connectivity index (χ1n) is 10.2. The zero-order chi connectivity index (χ0) is 24.8. The van der Waals surface area contributed by atoms with Crippen molar-refractivity contribution in [2.75, 3.05) is 24.7 Å². The first kappa shape index (κ1) is 25.2. The molecule has 0 spiro atoms. The maximum Gasteiger partial charge on any atom is 0.352 e. The molecule has 1 unspecified atom stereocenters. The number of esters is 1. The predicted molar refractivity (Wildman–Crippen MR) is 125 cm³/mol. The van der Waals surface area contributed by atoms with Gasteiger partial charge in [-0.1, -0.05) is 31.2 Å². The molecular formula is C20H23N5O7S2. The molecule has 1 fully saturated rings. The Balaban J connectivity index is 1.71. The minimum atomic E-state index is -1.25. The Morgan fingerprint density at radius 2 is 2.24 bits per heavy atom. The number of fused-ring (bicyclic) bond motifs is 1. The van der Waals surface area contributed by atoms with Crippen LogP contribution in [0, 0.1) is 0 Å². The van der Waals surface area contributed by atoms with Gasteiger partial charge in [0.1, 0.15) is 22.8 Å². The number of allylic oxidation sites excluding steroid dienone is 1. The summed E-state index contributed by atoms with van der Waals surface area (Å²) in [6.07, 6.45) is 2.96. The van der Waals surface area contributed by atoms with Crippen LogP contribution in [0.25, 0.3) is 0 Å². The number of aromatic nitrogens is 1. The molecule has 4 N–H and O–H groups in total. The Labute approximate surface area is 202 Å². The van der Waals surface area contributed by atoms with E-state index in [-0.39, 0.29) is 28.8 Å². The number of nitrogens with two attached hydrogens (primary N) is 1. The van der Waals surface area contributed by atoms with Crippen molar-refractivity contribution in [1.29, 1.82) is 0 Å². The number of aliphatic carboxylic acids is 1. The fourth-order valence-electron chi connectivity index (χ4n) is 3.13. The molecule has 34 heavy (non-hydrogen) atoms. The van der Waals surface area contributed by atoms with Gasteiger partial charge in [-0.2, -0.15) is 0 Å². The van der Waals surface area contributed by atoms with Gasteiger partial charge < -0.3 is 25.7 Å². The number of unbranched alkanes of at least 4 members (excludes halogenated alkanes) is 1. The summed E-state index contributed by atoms with van der Waals surface area (Å²) in [6, 6.07) is -0.988. The summed E-state index contributed by atoms with van der Waals surface area (Å²) >= 11 is 2.36. The summed E-state index contributed by atoms with van der Waals surface area (Å²) in [4.78, 5) is 59.2. The zero-order valence-electron chi connectivity index (χ0n) is 18.2. The van der Waals surface area contributed by atoms with Gasteiger partial charge in [-0.25, -0.2) is 14.6 Å². The smallest absolute Gasteiger partial charge is 0.352 e. The normalized spacial score (nSPS) is 19.7. The van der Waals surface area contributed by atoms with Crippen molar-refractivity contribution in [3.8, 4) is 0 Å². The Hall–Kier alpha value is -3.39. The van der Waals surface area contributed by atoms with Crippen molar-refractivity contribution < 1.29 is 33.9 Å². The lowest BCUT2D eigenvalue weighted by atomic mass is 10.0. The highest BCUT2D eigenvalue weighted by Crippen LogP contribution is 2.40. The van der Waals surface area contributed by atoms with E-state index in [0.717, 1.165) is 22.7 Å². The first-order chi connectivity index (χ1) is 16.3. The highest BCUT2D eigenvalue weighted by atomic mass is 32.2. The van der Waals surface area contributed by atoms with Crippen molar-refractivity contribution >= 4 is 57.7 Å². The van der Waals surface area contributed by atoms with E-state index in [2.05, 4.69) is 22.0 Å². The quantitative estimate of drug-likeness (QED) is 0.127. The van der Waals surface area contributed by atoms with Crippen LogP contribution in [0.15, 0.2) is 34.5 Å². The van der Waals surface area contributed by atoms with Crippen molar-refractivity contribution in [2.24, 2.45) is 5.16 Å². The number of nitrogens with zero attached hydrogens (tertiary/aromatic N) is 3. The number of carboxylic acid groups (broad SMARTS) is 1. The van der Waals surface area contributed by atoms with Gasteiger partial charge in [0, 0.05) is 11.1 Å². The lowest BCUT2D eigenvalue weighted by Gasteiger charge is -2.49. The Morgan fingerprint density at radius 3 is 2.85 bits per heavy atom. The number of carboxylic acids is 1. The third-order valence-corrected chi connectivity index (χ3v) is 6.79. The van der Waals surface area contributed by atoms with Gasteiger partial charge in [0.25, 0.3) is 11.8 Å². The number of thioether (sulfide) groups is 1. The Kier molecular flexibility index (Phi) is 8.28. The third kappa shape index (κ3) is 5.39. The van der Waals surface area contributed by atoms with E-state index < -0.39 is 41.8 Å². The monoisotopic (exact) mass is 509 g/mol.